The summed E-state index contributed by atoms with van der Waals surface area (Å²) in [5.41, 5.74) is 2.14. The third-order valence-corrected chi connectivity index (χ3v) is 3.69. The molecule has 0 spiro atoms. The maximum atomic E-state index is 5.73. The van der Waals surface area contributed by atoms with Crippen LogP contribution in [0, 0.1) is 0 Å². The van der Waals surface area contributed by atoms with Crippen LogP contribution in [0.25, 0.3) is 10.9 Å². The van der Waals surface area contributed by atoms with E-state index in [4.69, 9.17) is 4.42 Å². The molecule has 0 fully saturated rings. The van der Waals surface area contributed by atoms with Crippen LogP contribution in [-0.2, 0) is 0 Å². The summed E-state index contributed by atoms with van der Waals surface area (Å²) in [5, 5.41) is 4.60. The lowest BCUT2D eigenvalue weighted by atomic mass is 10.0. The van der Waals surface area contributed by atoms with Gasteiger partial charge in [0.15, 0.2) is 4.67 Å². The number of hydrogen-bond acceptors (Lipinski definition) is 3. The van der Waals surface area contributed by atoms with E-state index in [1.807, 2.05) is 24.4 Å². The molecule has 0 saturated carbocycles. The number of nitrogens with one attached hydrogen (secondary N) is 1. The van der Waals surface area contributed by atoms with Gasteiger partial charge in [0.2, 0.25) is 0 Å². The number of rotatable bonds is 4. The van der Waals surface area contributed by atoms with Gasteiger partial charge in [-0.25, -0.2) is 0 Å². The van der Waals surface area contributed by atoms with Crippen LogP contribution in [0.5, 0.6) is 0 Å². The van der Waals surface area contributed by atoms with E-state index >= 15 is 0 Å². The summed E-state index contributed by atoms with van der Waals surface area (Å²) >= 11 is 3.36. The molecule has 20 heavy (non-hydrogen) atoms. The quantitative estimate of drug-likeness (QED) is 0.775. The number of furan rings is 1. The van der Waals surface area contributed by atoms with Crippen LogP contribution >= 0.6 is 15.9 Å². The third-order valence-electron chi connectivity index (χ3n) is 3.26. The highest BCUT2D eigenvalue weighted by atomic mass is 79.9. The van der Waals surface area contributed by atoms with Crippen LogP contribution in [0.3, 0.4) is 0 Å². The van der Waals surface area contributed by atoms with E-state index in [0.717, 1.165) is 33.4 Å². The molecular weight excluding hydrogens is 316 g/mol. The first-order valence-corrected chi connectivity index (χ1v) is 7.41. The van der Waals surface area contributed by atoms with Gasteiger partial charge in [0.05, 0.1) is 11.6 Å². The zero-order chi connectivity index (χ0) is 13.9. The predicted octanol–water partition coefficient (Wildman–Crippen LogP) is 4.29. The van der Waals surface area contributed by atoms with E-state index in [0.29, 0.717) is 0 Å². The molecule has 2 heterocycles. The molecule has 4 heteroatoms. The van der Waals surface area contributed by atoms with Crippen molar-refractivity contribution in [2.75, 3.05) is 6.54 Å². The fourth-order valence-electron chi connectivity index (χ4n) is 2.41. The van der Waals surface area contributed by atoms with Crippen molar-refractivity contribution in [3.05, 3.63) is 64.7 Å². The normalized spacial score (nSPS) is 12.7. The minimum Gasteiger partial charge on any atom is -0.452 e. The molecule has 3 rings (SSSR count). The maximum Gasteiger partial charge on any atom is 0.169 e. The molecule has 102 valence electrons. The fourth-order valence-corrected chi connectivity index (χ4v) is 2.73. The van der Waals surface area contributed by atoms with Crippen molar-refractivity contribution in [1.82, 2.24) is 10.3 Å². The Morgan fingerprint density at radius 3 is 2.80 bits per heavy atom. The molecule has 3 nitrogen and oxygen atoms in total. The highest BCUT2D eigenvalue weighted by Crippen LogP contribution is 2.30. The number of benzene rings is 1. The molecule has 2 aromatic heterocycles. The topological polar surface area (TPSA) is 38.1 Å². The van der Waals surface area contributed by atoms with Crippen LogP contribution in [0.2, 0.25) is 0 Å². The van der Waals surface area contributed by atoms with Gasteiger partial charge in [-0.2, -0.15) is 0 Å². The van der Waals surface area contributed by atoms with Crippen molar-refractivity contribution in [2.24, 2.45) is 0 Å². The van der Waals surface area contributed by atoms with Crippen molar-refractivity contribution >= 4 is 26.8 Å². The Bertz CT molecular complexity index is 718. The Morgan fingerprint density at radius 1 is 1.20 bits per heavy atom. The van der Waals surface area contributed by atoms with Gasteiger partial charge in [0.25, 0.3) is 0 Å². The highest BCUT2D eigenvalue weighted by molar-refractivity contribution is 9.10. The van der Waals surface area contributed by atoms with E-state index in [9.17, 15) is 0 Å². The molecule has 0 radical (unpaired) electrons. The lowest BCUT2D eigenvalue weighted by Crippen LogP contribution is -2.21. The zero-order valence-corrected chi connectivity index (χ0v) is 12.7. The van der Waals surface area contributed by atoms with E-state index in [2.05, 4.69) is 57.4 Å². The second kappa shape index (κ2) is 5.77. The number of fused-ring (bicyclic) bond motifs is 1. The lowest BCUT2D eigenvalue weighted by molar-refractivity contribution is 0.438. The second-order valence-corrected chi connectivity index (χ2v) is 5.34. The van der Waals surface area contributed by atoms with Crippen LogP contribution in [-0.4, -0.2) is 11.5 Å². The first-order valence-electron chi connectivity index (χ1n) is 6.62. The monoisotopic (exact) mass is 330 g/mol. The van der Waals surface area contributed by atoms with Crippen LogP contribution < -0.4 is 5.32 Å². The van der Waals surface area contributed by atoms with E-state index in [-0.39, 0.29) is 6.04 Å². The number of para-hydroxylation sites is 1. The summed E-state index contributed by atoms with van der Waals surface area (Å²) in [7, 11) is 0. The van der Waals surface area contributed by atoms with Gasteiger partial charge in [-0.05, 0) is 40.7 Å². The molecule has 0 aliphatic heterocycles. The standard InChI is InChI=1S/C16H15BrN2O/c1-2-18-16(13-8-9-14(17)20-13)12-7-3-5-11-6-4-10-19-15(11)12/h3-10,16,18H,2H2,1H3. The van der Waals surface area contributed by atoms with Gasteiger partial charge in [0, 0.05) is 17.1 Å². The summed E-state index contributed by atoms with van der Waals surface area (Å²) < 4.78 is 6.47. The summed E-state index contributed by atoms with van der Waals surface area (Å²) in [6.45, 7) is 2.94. The van der Waals surface area contributed by atoms with Crippen molar-refractivity contribution in [2.45, 2.75) is 13.0 Å². The number of hydrogen-bond donors (Lipinski definition) is 1. The van der Waals surface area contributed by atoms with E-state index in [1.54, 1.807) is 0 Å². The highest BCUT2D eigenvalue weighted by Gasteiger charge is 2.19. The van der Waals surface area contributed by atoms with Crippen LogP contribution in [0.1, 0.15) is 24.3 Å². The molecule has 0 saturated heterocycles. The Kier molecular flexibility index (Phi) is 3.85. The molecule has 0 aliphatic rings. The first kappa shape index (κ1) is 13.3. The molecule has 0 aliphatic carbocycles. The van der Waals surface area contributed by atoms with Crippen LogP contribution in [0.4, 0.5) is 0 Å². The van der Waals surface area contributed by atoms with Crippen LogP contribution in [0.15, 0.2) is 57.7 Å². The van der Waals surface area contributed by atoms with Gasteiger partial charge >= 0.3 is 0 Å². The Morgan fingerprint density at radius 2 is 2.05 bits per heavy atom. The van der Waals surface area contributed by atoms with Crippen molar-refractivity contribution < 1.29 is 4.42 Å². The molecule has 1 N–H and O–H groups in total. The Hall–Kier alpha value is -1.65. The minimum atomic E-state index is 0.00454. The largest absolute Gasteiger partial charge is 0.452 e. The molecule has 1 aromatic carbocycles. The number of aromatic nitrogens is 1. The smallest absolute Gasteiger partial charge is 0.169 e. The average Bonchev–Trinajstić information content (AvgIpc) is 2.91. The zero-order valence-electron chi connectivity index (χ0n) is 11.1. The Labute approximate surface area is 126 Å². The van der Waals surface area contributed by atoms with Crippen molar-refractivity contribution in [3.63, 3.8) is 0 Å². The molecular formula is C16H15BrN2O. The van der Waals surface area contributed by atoms with Crippen molar-refractivity contribution in [3.8, 4) is 0 Å². The number of halogens is 1. The summed E-state index contributed by atoms with van der Waals surface area (Å²) in [4.78, 5) is 4.52. The van der Waals surface area contributed by atoms with E-state index in [1.165, 1.54) is 0 Å². The van der Waals surface area contributed by atoms with Gasteiger partial charge in [0.1, 0.15) is 5.76 Å². The number of pyridine rings is 1. The molecule has 3 aromatic rings. The van der Waals surface area contributed by atoms with Crippen molar-refractivity contribution in [1.29, 1.82) is 0 Å². The molecule has 1 atom stereocenters. The molecule has 0 bridgehead atoms. The summed E-state index contributed by atoms with van der Waals surface area (Å²) in [6, 6.07) is 14.2. The van der Waals surface area contributed by atoms with Gasteiger partial charge < -0.3 is 9.73 Å². The Balaban J connectivity index is 2.14. The summed E-state index contributed by atoms with van der Waals surface area (Å²) in [6.07, 6.45) is 1.83. The minimum absolute atomic E-state index is 0.00454. The number of nitrogens with zero attached hydrogens (tertiary/aromatic N) is 1. The third kappa shape index (κ3) is 2.49. The average molecular weight is 331 g/mol. The van der Waals surface area contributed by atoms with Gasteiger partial charge in [-0.1, -0.05) is 31.2 Å². The van der Waals surface area contributed by atoms with Gasteiger partial charge in [-0.15, -0.1) is 0 Å². The SMILES string of the molecule is CCNC(c1ccc(Br)o1)c1cccc2cccnc12. The fraction of sp³-hybridized carbons (Fsp3) is 0.188. The maximum absolute atomic E-state index is 5.73. The summed E-state index contributed by atoms with van der Waals surface area (Å²) in [5.74, 6) is 0.886. The molecule has 1 unspecified atom stereocenters. The molecule has 0 amide bonds. The van der Waals surface area contributed by atoms with E-state index < -0.39 is 0 Å². The first-order chi connectivity index (χ1) is 9.79. The predicted molar refractivity (Wildman–Crippen MR) is 83.7 cm³/mol. The lowest BCUT2D eigenvalue weighted by Gasteiger charge is -2.17. The van der Waals surface area contributed by atoms with Gasteiger partial charge in [-0.3, -0.25) is 4.98 Å². The second-order valence-electron chi connectivity index (χ2n) is 4.55.